The fraction of sp³-hybridized carbons (Fsp3) is 0.680. The highest BCUT2D eigenvalue weighted by atomic mass is 16.7. The summed E-state index contributed by atoms with van der Waals surface area (Å²) in [5.74, 6) is -11.7. The van der Waals surface area contributed by atoms with Crippen LogP contribution in [-0.2, 0) is 115 Å². The number of hydroxylamine groups is 8. The van der Waals surface area contributed by atoms with Gasteiger partial charge in [-0.05, 0) is 53.4 Å². The van der Waals surface area contributed by atoms with E-state index in [0.29, 0.717) is 20.3 Å². The van der Waals surface area contributed by atoms with Gasteiger partial charge in [0, 0.05) is 142 Å². The van der Waals surface area contributed by atoms with Gasteiger partial charge in [0.05, 0.1) is 0 Å². The molecule has 4 rings (SSSR count). The topological polar surface area (TPSA) is 366 Å². The summed E-state index contributed by atoms with van der Waals surface area (Å²) in [6.07, 6.45) is -6.48. The molecule has 4 atom stereocenters. The Bertz CT molecular complexity index is 2000. The highest BCUT2D eigenvalue weighted by molar-refractivity contribution is 6.03. The lowest BCUT2D eigenvalue weighted by molar-refractivity contribution is -0.197. The molecule has 4 heterocycles. The summed E-state index contributed by atoms with van der Waals surface area (Å²) in [4.78, 5) is 218. The minimum atomic E-state index is -0.903. The monoisotopic (exact) mass is 1140 g/mol. The summed E-state index contributed by atoms with van der Waals surface area (Å²) in [6.45, 7) is 6.73. The lowest BCUT2D eigenvalue weighted by atomic mass is 10.2. The molecule has 30 heteroatoms. The van der Waals surface area contributed by atoms with Crippen molar-refractivity contribution in [2.75, 3.05) is 39.3 Å². The van der Waals surface area contributed by atoms with Gasteiger partial charge in [-0.15, -0.1) is 20.3 Å². The van der Waals surface area contributed by atoms with Crippen molar-refractivity contribution < 1.29 is 115 Å². The van der Waals surface area contributed by atoms with E-state index in [1.165, 1.54) is 0 Å². The van der Waals surface area contributed by atoms with Crippen LogP contribution in [0.25, 0.3) is 0 Å². The molecule has 30 nitrogen and oxygen atoms in total. The van der Waals surface area contributed by atoms with Crippen molar-refractivity contribution in [2.24, 2.45) is 0 Å². The number of rotatable bonds is 35. The second-order valence-corrected chi connectivity index (χ2v) is 19.3. The number of nitrogens with zero attached hydrogens (tertiary/aromatic N) is 6. The van der Waals surface area contributed by atoms with Crippen molar-refractivity contribution in [1.29, 1.82) is 0 Å². The third kappa shape index (κ3) is 22.9. The zero-order chi connectivity index (χ0) is 59.1. The van der Waals surface area contributed by atoms with E-state index in [-0.39, 0.29) is 168 Å². The van der Waals surface area contributed by atoms with Crippen molar-refractivity contribution in [3.8, 4) is 0 Å². The molecule has 0 aliphatic carbocycles. The van der Waals surface area contributed by atoms with Crippen molar-refractivity contribution in [1.82, 2.24) is 30.1 Å². The zero-order valence-electron chi connectivity index (χ0n) is 45.2. The maximum atomic E-state index is 12.9. The van der Waals surface area contributed by atoms with E-state index in [4.69, 9.17) is 38.3 Å². The maximum absolute atomic E-state index is 12.9. The second kappa shape index (κ2) is 32.3. The van der Waals surface area contributed by atoms with E-state index in [1.807, 2.05) is 0 Å². The van der Waals surface area contributed by atoms with E-state index >= 15 is 0 Å². The van der Waals surface area contributed by atoms with E-state index in [9.17, 15) is 76.7 Å². The van der Waals surface area contributed by atoms with Gasteiger partial charge in [0.2, 0.25) is 0 Å². The second-order valence-electron chi connectivity index (χ2n) is 19.3. The lowest BCUT2D eigenvalue weighted by Gasteiger charge is -2.32. The van der Waals surface area contributed by atoms with Gasteiger partial charge in [-0.1, -0.05) is 0 Å². The molecular weight excluding hydrogens is 1070 g/mol. The Balaban J connectivity index is 1.38. The van der Waals surface area contributed by atoms with Crippen LogP contribution in [0, 0.1) is 0 Å². The van der Waals surface area contributed by atoms with Crippen molar-refractivity contribution in [3.63, 3.8) is 0 Å². The predicted molar refractivity (Wildman–Crippen MR) is 259 cm³/mol. The number of hydrogen-bond donors (Lipinski definition) is 0. The summed E-state index contributed by atoms with van der Waals surface area (Å²) in [5.41, 5.74) is 0. The van der Waals surface area contributed by atoms with E-state index in [2.05, 4.69) is 0 Å². The summed E-state index contributed by atoms with van der Waals surface area (Å²) >= 11 is 0. The SMILES string of the molecule is CC(CN(CCN(CC(C)OC(=O)CCCC(=O)ON1C(=O)CCC1=O)CC(C)OC(=O)CCCC(=O)ON1C(=O)CCC1=O)CC(C)OC(=O)CCCC(=O)ON1C(=O)CCC1=O)OC(=O)CCCC(=O)ON1C(=O)CCC1=O. The molecule has 0 saturated carbocycles. The first-order chi connectivity index (χ1) is 37.9. The van der Waals surface area contributed by atoms with Crippen molar-refractivity contribution in [2.45, 2.75) is 181 Å². The molecule has 0 spiro atoms. The van der Waals surface area contributed by atoms with Gasteiger partial charge in [-0.2, -0.15) is 0 Å². The lowest BCUT2D eigenvalue weighted by Crippen LogP contribution is -2.46. The quantitative estimate of drug-likeness (QED) is 0.0471. The molecule has 0 aromatic carbocycles. The Hall–Kier alpha value is -7.76. The molecule has 0 aromatic rings. The Labute approximate surface area is 458 Å². The van der Waals surface area contributed by atoms with Crippen LogP contribution in [0.15, 0.2) is 0 Å². The van der Waals surface area contributed by atoms with Gasteiger partial charge >= 0.3 is 47.8 Å². The Kier molecular flexibility index (Phi) is 26.2. The smallest absolute Gasteiger partial charge is 0.333 e. The summed E-state index contributed by atoms with van der Waals surface area (Å²) in [5, 5.41) is 1.58. The maximum Gasteiger partial charge on any atom is 0.333 e. The van der Waals surface area contributed by atoms with Crippen LogP contribution in [0.2, 0.25) is 0 Å². The fourth-order valence-corrected chi connectivity index (χ4v) is 8.26. The molecular formula is C50H68N6O24. The van der Waals surface area contributed by atoms with Gasteiger partial charge in [-0.25, -0.2) is 19.2 Å². The molecule has 4 aliphatic heterocycles. The minimum absolute atomic E-state index is 0.0303. The average molecular weight is 1140 g/mol. The van der Waals surface area contributed by atoms with E-state index in [0.717, 1.165) is 0 Å². The highest BCUT2D eigenvalue weighted by Crippen LogP contribution is 2.18. The van der Waals surface area contributed by atoms with Crippen LogP contribution in [-0.4, -0.2) is 189 Å². The molecule has 4 saturated heterocycles. The molecule has 4 unspecified atom stereocenters. The van der Waals surface area contributed by atoms with E-state index in [1.54, 1.807) is 37.5 Å². The van der Waals surface area contributed by atoms with Crippen LogP contribution >= 0.6 is 0 Å². The molecule has 0 radical (unpaired) electrons. The number of hydrogen-bond acceptors (Lipinski definition) is 26. The molecule has 442 valence electrons. The fourth-order valence-electron chi connectivity index (χ4n) is 8.26. The first kappa shape index (κ1) is 64.8. The van der Waals surface area contributed by atoms with Crippen LogP contribution in [0.3, 0.4) is 0 Å². The van der Waals surface area contributed by atoms with Crippen LogP contribution in [0.5, 0.6) is 0 Å². The van der Waals surface area contributed by atoms with Gasteiger partial charge in [0.1, 0.15) is 24.4 Å². The predicted octanol–water partition coefficient (Wildman–Crippen LogP) is 0.427. The summed E-state index contributed by atoms with van der Waals surface area (Å²) in [7, 11) is 0. The zero-order valence-corrected chi connectivity index (χ0v) is 45.2. The number of ether oxygens (including phenoxy) is 4. The number of carbonyl (C=O) groups is 16. The largest absolute Gasteiger partial charge is 0.461 e. The third-order valence-electron chi connectivity index (χ3n) is 12.0. The van der Waals surface area contributed by atoms with Gasteiger partial charge in [0.15, 0.2) is 0 Å². The van der Waals surface area contributed by atoms with Crippen LogP contribution in [0.1, 0.15) is 156 Å². The molecule has 4 aliphatic rings. The van der Waals surface area contributed by atoms with Crippen molar-refractivity contribution >= 4 is 95.0 Å². The first-order valence-electron chi connectivity index (χ1n) is 26.4. The van der Waals surface area contributed by atoms with Gasteiger partial charge < -0.3 is 38.3 Å². The molecule has 0 bridgehead atoms. The number of carbonyl (C=O) groups excluding carboxylic acids is 16. The minimum Gasteiger partial charge on any atom is -0.461 e. The number of amides is 8. The average Bonchev–Trinajstić information content (AvgIpc) is 4.08. The molecule has 4 fully saturated rings. The van der Waals surface area contributed by atoms with Crippen LogP contribution < -0.4 is 0 Å². The Morgan fingerprint density at radius 1 is 0.312 bits per heavy atom. The number of esters is 4. The molecule has 80 heavy (non-hydrogen) atoms. The van der Waals surface area contributed by atoms with Crippen molar-refractivity contribution in [3.05, 3.63) is 0 Å². The normalized spacial score (nSPS) is 17.0. The Morgan fingerprint density at radius 2 is 0.475 bits per heavy atom. The third-order valence-corrected chi connectivity index (χ3v) is 12.0. The highest BCUT2D eigenvalue weighted by Gasteiger charge is 2.36. The summed E-state index contributed by atoms with van der Waals surface area (Å²) < 4.78 is 22.5. The van der Waals surface area contributed by atoms with Crippen LogP contribution in [0.4, 0.5) is 0 Å². The standard InChI is InChI=1S/C50H68N6O24/c1-31(73-43(65)9-5-13-47(69)77-53-35(57)17-18-36(53)58)27-51(28-32(2)74-44(66)10-6-14-48(70)78-54-37(59)19-20-38(54)60)25-26-52(29-33(3)75-45(67)11-7-15-49(71)79-55-39(61)21-22-40(55)62)30-34(4)76-46(68)12-8-16-50(72)80-56-41(63)23-24-42(56)64/h31-34H,5-30H2,1-4H3. The first-order valence-corrected chi connectivity index (χ1v) is 26.4. The summed E-state index contributed by atoms with van der Waals surface area (Å²) in [6, 6.07) is 0. The number of imide groups is 4. The molecule has 0 aromatic heterocycles. The Morgan fingerprint density at radius 3 is 0.650 bits per heavy atom. The van der Waals surface area contributed by atoms with E-state index < -0.39 is 119 Å². The molecule has 0 N–H and O–H groups in total. The molecule has 8 amide bonds. The van der Waals surface area contributed by atoms with Gasteiger partial charge in [-0.3, -0.25) is 67.3 Å². The van der Waals surface area contributed by atoms with Gasteiger partial charge in [0.25, 0.3) is 47.3 Å².